The molecule has 0 atom stereocenters. The van der Waals surface area contributed by atoms with Gasteiger partial charge in [0.2, 0.25) is 0 Å². The Kier molecular flexibility index (Phi) is 4.59. The molecule has 1 aliphatic heterocycles. The van der Waals surface area contributed by atoms with E-state index in [4.69, 9.17) is 0 Å². The summed E-state index contributed by atoms with van der Waals surface area (Å²) in [5.74, 6) is 0. The quantitative estimate of drug-likeness (QED) is 0.851. The highest BCUT2D eigenvalue weighted by Crippen LogP contribution is 2.10. The van der Waals surface area contributed by atoms with Crippen LogP contribution in [0, 0.1) is 0 Å². The van der Waals surface area contributed by atoms with Crippen molar-refractivity contribution < 1.29 is 4.79 Å². The number of amides is 2. The van der Waals surface area contributed by atoms with Gasteiger partial charge < -0.3 is 15.5 Å². The van der Waals surface area contributed by atoms with Gasteiger partial charge in [-0.1, -0.05) is 30.3 Å². The van der Waals surface area contributed by atoms with Crippen molar-refractivity contribution in [2.24, 2.45) is 0 Å². The summed E-state index contributed by atoms with van der Waals surface area (Å²) in [6, 6.07) is 10.4. The number of nitrogens with one attached hydrogen (secondary N) is 2. The largest absolute Gasteiger partial charge is 0.334 e. The lowest BCUT2D eigenvalue weighted by molar-refractivity contribution is 0.176. The second kappa shape index (κ2) is 6.40. The van der Waals surface area contributed by atoms with E-state index in [-0.39, 0.29) is 6.03 Å². The van der Waals surface area contributed by atoms with Crippen molar-refractivity contribution in [1.29, 1.82) is 0 Å². The van der Waals surface area contributed by atoms with Gasteiger partial charge in [-0.2, -0.15) is 0 Å². The number of carbonyl (C=O) groups is 1. The van der Waals surface area contributed by atoms with Crippen LogP contribution in [0.4, 0.5) is 4.79 Å². The third kappa shape index (κ3) is 3.47. The molecule has 18 heavy (non-hydrogen) atoms. The smallest absolute Gasteiger partial charge is 0.317 e. The predicted molar refractivity (Wildman–Crippen MR) is 72.3 cm³/mol. The number of piperidine rings is 1. The fraction of sp³-hybridized carbons (Fsp3) is 0.500. The molecule has 0 radical (unpaired) electrons. The maximum atomic E-state index is 12.0. The van der Waals surface area contributed by atoms with E-state index in [9.17, 15) is 4.79 Å². The molecule has 2 rings (SSSR count). The second-order valence-corrected chi connectivity index (χ2v) is 4.74. The average molecular weight is 247 g/mol. The molecule has 1 fully saturated rings. The Morgan fingerprint density at radius 3 is 2.67 bits per heavy atom. The molecule has 0 unspecified atom stereocenters. The van der Waals surface area contributed by atoms with Gasteiger partial charge in [0.15, 0.2) is 0 Å². The number of nitrogens with zero attached hydrogens (tertiary/aromatic N) is 1. The Morgan fingerprint density at radius 1 is 1.33 bits per heavy atom. The summed E-state index contributed by atoms with van der Waals surface area (Å²) < 4.78 is 0. The molecule has 0 aliphatic carbocycles. The summed E-state index contributed by atoms with van der Waals surface area (Å²) in [4.78, 5) is 13.8. The van der Waals surface area contributed by atoms with E-state index in [0.29, 0.717) is 12.6 Å². The minimum atomic E-state index is 0.0192. The first-order valence-corrected chi connectivity index (χ1v) is 6.52. The van der Waals surface area contributed by atoms with Gasteiger partial charge >= 0.3 is 6.03 Å². The van der Waals surface area contributed by atoms with Gasteiger partial charge in [-0.15, -0.1) is 0 Å². The number of rotatable bonds is 3. The predicted octanol–water partition coefficient (Wildman–Crippen LogP) is 1.58. The first-order chi connectivity index (χ1) is 8.77. The van der Waals surface area contributed by atoms with Crippen LogP contribution in [0.3, 0.4) is 0 Å². The number of carbonyl (C=O) groups excluding carboxylic acids is 1. The van der Waals surface area contributed by atoms with Crippen LogP contribution in [0.25, 0.3) is 0 Å². The fourth-order valence-electron chi connectivity index (χ4n) is 2.26. The van der Waals surface area contributed by atoms with E-state index >= 15 is 0 Å². The molecule has 4 heteroatoms. The SMILES string of the molecule is CN(C(=O)NCc1ccccc1)C1CCNCC1. The Bertz CT molecular complexity index is 374. The van der Waals surface area contributed by atoms with Gasteiger partial charge in [-0.05, 0) is 31.5 Å². The maximum absolute atomic E-state index is 12.0. The van der Waals surface area contributed by atoms with E-state index in [2.05, 4.69) is 10.6 Å². The van der Waals surface area contributed by atoms with Crippen LogP contribution in [-0.2, 0) is 6.54 Å². The van der Waals surface area contributed by atoms with Crippen molar-refractivity contribution >= 4 is 6.03 Å². The van der Waals surface area contributed by atoms with Gasteiger partial charge in [0.25, 0.3) is 0 Å². The second-order valence-electron chi connectivity index (χ2n) is 4.74. The van der Waals surface area contributed by atoms with Crippen LogP contribution < -0.4 is 10.6 Å². The van der Waals surface area contributed by atoms with E-state index < -0.39 is 0 Å². The van der Waals surface area contributed by atoms with Crippen LogP contribution in [0.5, 0.6) is 0 Å². The molecule has 1 aromatic carbocycles. The molecule has 0 aromatic heterocycles. The van der Waals surface area contributed by atoms with Crippen molar-refractivity contribution in [2.75, 3.05) is 20.1 Å². The molecule has 1 aliphatic rings. The fourth-order valence-corrected chi connectivity index (χ4v) is 2.26. The lowest BCUT2D eigenvalue weighted by Crippen LogP contribution is -2.47. The Hall–Kier alpha value is -1.55. The summed E-state index contributed by atoms with van der Waals surface area (Å²) >= 11 is 0. The maximum Gasteiger partial charge on any atom is 0.317 e. The first-order valence-electron chi connectivity index (χ1n) is 6.52. The molecule has 1 heterocycles. The van der Waals surface area contributed by atoms with Crippen LogP contribution in [0.1, 0.15) is 18.4 Å². The zero-order chi connectivity index (χ0) is 12.8. The Balaban J connectivity index is 1.80. The summed E-state index contributed by atoms with van der Waals surface area (Å²) in [6.07, 6.45) is 2.07. The van der Waals surface area contributed by atoms with Crippen molar-refractivity contribution in [3.05, 3.63) is 35.9 Å². The number of hydrogen-bond acceptors (Lipinski definition) is 2. The third-order valence-electron chi connectivity index (χ3n) is 3.46. The zero-order valence-electron chi connectivity index (χ0n) is 10.9. The molecule has 2 amide bonds. The highest BCUT2D eigenvalue weighted by Gasteiger charge is 2.21. The molecular formula is C14H21N3O. The van der Waals surface area contributed by atoms with Crippen molar-refractivity contribution in [1.82, 2.24) is 15.5 Å². The Labute approximate surface area is 108 Å². The van der Waals surface area contributed by atoms with Crippen LogP contribution >= 0.6 is 0 Å². The van der Waals surface area contributed by atoms with Crippen molar-refractivity contribution in [2.45, 2.75) is 25.4 Å². The van der Waals surface area contributed by atoms with Crippen LogP contribution in [0.2, 0.25) is 0 Å². The lowest BCUT2D eigenvalue weighted by atomic mass is 10.1. The summed E-state index contributed by atoms with van der Waals surface area (Å²) in [7, 11) is 1.89. The summed E-state index contributed by atoms with van der Waals surface area (Å²) in [6.45, 7) is 2.59. The molecule has 1 saturated heterocycles. The van der Waals surface area contributed by atoms with Gasteiger partial charge in [0.1, 0.15) is 0 Å². The summed E-state index contributed by atoms with van der Waals surface area (Å²) in [5, 5.41) is 6.27. The van der Waals surface area contributed by atoms with E-state index in [1.165, 1.54) is 0 Å². The lowest BCUT2D eigenvalue weighted by Gasteiger charge is -2.31. The normalized spacial score (nSPS) is 16.3. The van der Waals surface area contributed by atoms with E-state index in [0.717, 1.165) is 31.5 Å². The molecule has 4 nitrogen and oxygen atoms in total. The topological polar surface area (TPSA) is 44.4 Å². The van der Waals surface area contributed by atoms with Gasteiger partial charge in [0.05, 0.1) is 0 Å². The van der Waals surface area contributed by atoms with Crippen molar-refractivity contribution in [3.8, 4) is 0 Å². The first kappa shape index (κ1) is 12.9. The van der Waals surface area contributed by atoms with E-state index in [1.54, 1.807) is 0 Å². The third-order valence-corrected chi connectivity index (χ3v) is 3.46. The van der Waals surface area contributed by atoms with Crippen LogP contribution in [0.15, 0.2) is 30.3 Å². The number of hydrogen-bond donors (Lipinski definition) is 2. The van der Waals surface area contributed by atoms with Gasteiger partial charge in [-0.25, -0.2) is 4.79 Å². The minimum absolute atomic E-state index is 0.0192. The molecule has 2 N–H and O–H groups in total. The molecular weight excluding hydrogens is 226 g/mol. The van der Waals surface area contributed by atoms with Crippen molar-refractivity contribution in [3.63, 3.8) is 0 Å². The molecule has 0 saturated carbocycles. The summed E-state index contributed by atoms with van der Waals surface area (Å²) in [5.41, 5.74) is 1.13. The van der Waals surface area contributed by atoms with Gasteiger partial charge in [-0.3, -0.25) is 0 Å². The standard InChI is InChI=1S/C14H21N3O/c1-17(13-7-9-15-10-8-13)14(18)16-11-12-5-3-2-4-6-12/h2-6,13,15H,7-11H2,1H3,(H,16,18). The highest BCUT2D eigenvalue weighted by molar-refractivity contribution is 5.74. The molecule has 1 aromatic rings. The van der Waals surface area contributed by atoms with Gasteiger partial charge in [0, 0.05) is 19.6 Å². The monoisotopic (exact) mass is 247 g/mol. The van der Waals surface area contributed by atoms with Crippen LogP contribution in [-0.4, -0.2) is 37.1 Å². The minimum Gasteiger partial charge on any atom is -0.334 e. The molecule has 98 valence electrons. The number of urea groups is 1. The Morgan fingerprint density at radius 2 is 2.00 bits per heavy atom. The molecule has 0 spiro atoms. The zero-order valence-corrected chi connectivity index (χ0v) is 10.9. The molecule has 0 bridgehead atoms. The van der Waals surface area contributed by atoms with E-state index in [1.807, 2.05) is 42.3 Å². The average Bonchev–Trinajstić information content (AvgIpc) is 2.46. The highest BCUT2D eigenvalue weighted by atomic mass is 16.2. The number of benzene rings is 1.